The summed E-state index contributed by atoms with van der Waals surface area (Å²) in [7, 11) is 1.45. The zero-order valence-electron chi connectivity index (χ0n) is 19.5. The van der Waals surface area contributed by atoms with E-state index >= 15 is 0 Å². The van der Waals surface area contributed by atoms with E-state index in [4.69, 9.17) is 14.2 Å². The predicted molar refractivity (Wildman–Crippen MR) is 123 cm³/mol. The van der Waals surface area contributed by atoms with Crippen molar-refractivity contribution in [3.05, 3.63) is 94.3 Å². The third-order valence-electron chi connectivity index (χ3n) is 6.60. The molecule has 0 spiro atoms. The minimum Gasteiger partial charge on any atom is -0.496 e. The van der Waals surface area contributed by atoms with Gasteiger partial charge in [0, 0.05) is 29.7 Å². The average Bonchev–Trinajstić information content (AvgIpc) is 3.20. The number of nitrogens with one attached hydrogen (secondary N) is 1. The minimum atomic E-state index is -1.47. The van der Waals surface area contributed by atoms with Crippen LogP contribution >= 0.6 is 0 Å². The molecule has 2 atom stereocenters. The Morgan fingerprint density at radius 2 is 1.83 bits per heavy atom. The van der Waals surface area contributed by atoms with Gasteiger partial charge in [-0.1, -0.05) is 6.07 Å². The average molecular weight is 497 g/mol. The van der Waals surface area contributed by atoms with E-state index < -0.39 is 40.5 Å². The number of hydrogen-bond donors (Lipinski definition) is 1. The molecular weight excluding hydrogens is 475 g/mol. The van der Waals surface area contributed by atoms with Crippen molar-refractivity contribution >= 4 is 17.6 Å². The van der Waals surface area contributed by atoms with Gasteiger partial charge >= 0.3 is 5.97 Å². The van der Waals surface area contributed by atoms with Crippen LogP contribution in [0, 0.1) is 17.5 Å². The summed E-state index contributed by atoms with van der Waals surface area (Å²) in [5.74, 6) is -3.10. The fraction of sp³-hybridized carbons (Fsp3) is 0.259. The number of cyclic esters (lactones) is 1. The summed E-state index contributed by atoms with van der Waals surface area (Å²) in [4.78, 5) is 25.3. The lowest BCUT2D eigenvalue weighted by molar-refractivity contribution is -0.258. The van der Waals surface area contributed by atoms with E-state index in [9.17, 15) is 22.8 Å². The van der Waals surface area contributed by atoms with Gasteiger partial charge in [0.1, 0.15) is 18.2 Å². The SMILES string of the molecule is COc1ccc(F)cc1C1(C)CC(Cc2ccc(F)c(F)c2)(C(=O)Nc2ccc3c(c2)COC3=O)O1. The first-order valence-corrected chi connectivity index (χ1v) is 11.2. The van der Waals surface area contributed by atoms with Crippen LogP contribution < -0.4 is 10.1 Å². The second-order valence-electron chi connectivity index (χ2n) is 9.18. The molecule has 36 heavy (non-hydrogen) atoms. The van der Waals surface area contributed by atoms with Crippen molar-refractivity contribution in [2.24, 2.45) is 0 Å². The van der Waals surface area contributed by atoms with E-state index in [1.807, 2.05) is 0 Å². The highest BCUT2D eigenvalue weighted by Crippen LogP contribution is 2.52. The Balaban J connectivity index is 1.47. The Kier molecular flexibility index (Phi) is 5.75. The molecule has 2 unspecified atom stereocenters. The molecule has 0 aromatic heterocycles. The fourth-order valence-electron chi connectivity index (χ4n) is 4.95. The fourth-order valence-corrected chi connectivity index (χ4v) is 4.95. The minimum absolute atomic E-state index is 0.0597. The number of hydrogen-bond acceptors (Lipinski definition) is 5. The van der Waals surface area contributed by atoms with Gasteiger partial charge in [0.2, 0.25) is 0 Å². The lowest BCUT2D eigenvalue weighted by Crippen LogP contribution is -2.63. The topological polar surface area (TPSA) is 73.9 Å². The van der Waals surface area contributed by atoms with Gasteiger partial charge < -0.3 is 19.5 Å². The largest absolute Gasteiger partial charge is 0.496 e. The normalized spacial score (nSPS) is 22.4. The Bertz CT molecular complexity index is 1380. The highest BCUT2D eigenvalue weighted by Gasteiger charge is 2.59. The molecule has 3 aromatic rings. The lowest BCUT2D eigenvalue weighted by Gasteiger charge is -2.54. The standard InChI is InChI=1S/C27H22F3NO5/c1-26(20-11-17(28)4-8-23(20)34-2)14-27(36-26,12-15-3-7-21(29)22(30)9-15)25(33)31-18-5-6-19-16(10-18)13-35-24(19)32/h3-11H,12-14H2,1-2H3,(H,31,33). The molecule has 0 saturated carbocycles. The van der Waals surface area contributed by atoms with Crippen LogP contribution in [0.4, 0.5) is 18.9 Å². The lowest BCUT2D eigenvalue weighted by atomic mass is 9.72. The summed E-state index contributed by atoms with van der Waals surface area (Å²) in [5.41, 5.74) is -0.297. The summed E-state index contributed by atoms with van der Waals surface area (Å²) < 4.78 is 58.1. The molecule has 0 radical (unpaired) electrons. The molecule has 186 valence electrons. The summed E-state index contributed by atoms with van der Waals surface area (Å²) in [6.07, 6.45) is 0.0486. The molecule has 1 saturated heterocycles. The maximum Gasteiger partial charge on any atom is 0.338 e. The van der Waals surface area contributed by atoms with Crippen LogP contribution in [0.15, 0.2) is 54.6 Å². The van der Waals surface area contributed by atoms with Crippen molar-refractivity contribution in [1.82, 2.24) is 0 Å². The molecular formula is C27H22F3NO5. The summed E-state index contributed by atoms with van der Waals surface area (Å²) in [6.45, 7) is 1.81. The smallest absolute Gasteiger partial charge is 0.338 e. The molecule has 1 fully saturated rings. The van der Waals surface area contributed by atoms with Crippen molar-refractivity contribution in [3.8, 4) is 5.75 Å². The number of fused-ring (bicyclic) bond motifs is 1. The van der Waals surface area contributed by atoms with Gasteiger partial charge in [0.05, 0.1) is 18.3 Å². The number of esters is 1. The van der Waals surface area contributed by atoms with Gasteiger partial charge in [-0.15, -0.1) is 0 Å². The van der Waals surface area contributed by atoms with Crippen molar-refractivity contribution in [2.75, 3.05) is 12.4 Å². The van der Waals surface area contributed by atoms with Gasteiger partial charge in [-0.25, -0.2) is 18.0 Å². The molecule has 5 rings (SSSR count). The molecule has 2 aliphatic rings. The monoisotopic (exact) mass is 497 g/mol. The van der Waals surface area contributed by atoms with Crippen molar-refractivity contribution in [2.45, 2.75) is 37.6 Å². The van der Waals surface area contributed by atoms with Crippen LogP contribution in [0.3, 0.4) is 0 Å². The van der Waals surface area contributed by atoms with E-state index in [2.05, 4.69) is 5.32 Å². The molecule has 0 aliphatic carbocycles. The number of amides is 1. The number of benzene rings is 3. The summed E-state index contributed by atoms with van der Waals surface area (Å²) in [5, 5.41) is 2.80. The van der Waals surface area contributed by atoms with Crippen LogP contribution in [0.25, 0.3) is 0 Å². The predicted octanol–water partition coefficient (Wildman–Crippen LogP) is 5.04. The molecule has 9 heteroatoms. The van der Waals surface area contributed by atoms with E-state index in [1.54, 1.807) is 25.1 Å². The van der Waals surface area contributed by atoms with Gasteiger partial charge in [0.25, 0.3) is 5.91 Å². The highest BCUT2D eigenvalue weighted by molar-refractivity contribution is 6.00. The number of halogens is 3. The number of ether oxygens (including phenoxy) is 3. The second-order valence-corrected chi connectivity index (χ2v) is 9.18. The Labute approximate surface area is 205 Å². The third-order valence-corrected chi connectivity index (χ3v) is 6.60. The third kappa shape index (κ3) is 4.09. The highest BCUT2D eigenvalue weighted by atomic mass is 19.2. The number of methoxy groups -OCH3 is 1. The number of carbonyl (C=O) groups excluding carboxylic acids is 2. The Morgan fingerprint density at radius 1 is 1.06 bits per heavy atom. The zero-order chi connectivity index (χ0) is 25.7. The van der Waals surface area contributed by atoms with Gasteiger partial charge in [0.15, 0.2) is 17.2 Å². The maximum absolute atomic E-state index is 14.1. The van der Waals surface area contributed by atoms with Crippen molar-refractivity contribution < 1.29 is 37.0 Å². The van der Waals surface area contributed by atoms with Crippen LogP contribution in [0.2, 0.25) is 0 Å². The number of anilines is 1. The van der Waals surface area contributed by atoms with Crippen LogP contribution in [-0.4, -0.2) is 24.6 Å². The first kappa shape index (κ1) is 23.9. The quantitative estimate of drug-likeness (QED) is 0.483. The van der Waals surface area contributed by atoms with E-state index in [1.165, 1.54) is 31.4 Å². The van der Waals surface area contributed by atoms with Crippen LogP contribution in [0.1, 0.15) is 40.4 Å². The van der Waals surface area contributed by atoms with Crippen molar-refractivity contribution in [1.29, 1.82) is 0 Å². The Hall–Kier alpha value is -3.85. The van der Waals surface area contributed by atoms with Crippen molar-refractivity contribution in [3.63, 3.8) is 0 Å². The van der Waals surface area contributed by atoms with Gasteiger partial charge in [-0.2, -0.15) is 0 Å². The molecule has 3 aromatic carbocycles. The molecule has 2 aliphatic heterocycles. The second kappa shape index (κ2) is 8.67. The maximum atomic E-state index is 14.1. The van der Waals surface area contributed by atoms with E-state index in [0.717, 1.165) is 12.1 Å². The molecule has 1 N–H and O–H groups in total. The van der Waals surface area contributed by atoms with Crippen LogP contribution in [-0.2, 0) is 32.9 Å². The molecule has 0 bridgehead atoms. The molecule has 2 heterocycles. The van der Waals surface area contributed by atoms with E-state index in [-0.39, 0.29) is 19.4 Å². The molecule has 1 amide bonds. The van der Waals surface area contributed by atoms with Gasteiger partial charge in [-0.05, 0) is 61.0 Å². The first-order valence-electron chi connectivity index (χ1n) is 11.2. The summed E-state index contributed by atoms with van der Waals surface area (Å²) in [6, 6.07) is 12.2. The molecule has 6 nitrogen and oxygen atoms in total. The number of rotatable bonds is 6. The summed E-state index contributed by atoms with van der Waals surface area (Å²) >= 11 is 0. The zero-order valence-corrected chi connectivity index (χ0v) is 19.5. The number of carbonyl (C=O) groups is 2. The Morgan fingerprint density at radius 3 is 2.56 bits per heavy atom. The van der Waals surface area contributed by atoms with Crippen LogP contribution in [0.5, 0.6) is 5.75 Å². The first-order chi connectivity index (χ1) is 17.1. The van der Waals surface area contributed by atoms with Gasteiger partial charge in [-0.3, -0.25) is 4.79 Å². The van der Waals surface area contributed by atoms with E-state index in [0.29, 0.717) is 33.7 Å².